The molecule has 5 amide bonds. The minimum atomic E-state index is -0.617. The zero-order chi connectivity index (χ0) is 38.7. The zero-order valence-electron chi connectivity index (χ0n) is 31.8. The number of aromatic nitrogens is 3. The van der Waals surface area contributed by atoms with Crippen molar-refractivity contribution < 1.29 is 28.7 Å². The van der Waals surface area contributed by atoms with E-state index in [-0.39, 0.29) is 42.2 Å². The summed E-state index contributed by atoms with van der Waals surface area (Å²) in [5.41, 5.74) is 5.23. The van der Waals surface area contributed by atoms with Crippen molar-refractivity contribution in [3.63, 3.8) is 0 Å². The Balaban J connectivity index is 0.782. The summed E-state index contributed by atoms with van der Waals surface area (Å²) in [6.07, 6.45) is 11.7. The van der Waals surface area contributed by atoms with E-state index in [2.05, 4.69) is 36.6 Å². The number of nitrogens with one attached hydrogen (secondary N) is 2. The van der Waals surface area contributed by atoms with E-state index < -0.39 is 18.0 Å². The number of piperidine rings is 1. The van der Waals surface area contributed by atoms with Crippen LogP contribution in [0.5, 0.6) is 0 Å². The highest BCUT2D eigenvalue weighted by Crippen LogP contribution is 2.37. The predicted octanol–water partition coefficient (Wildman–Crippen LogP) is 2.57. The maximum atomic E-state index is 13.9. The molecular formula is C41H47N9O6. The number of nitrogens with zero attached hydrogens (tertiary/aromatic N) is 7. The molecule has 15 nitrogen and oxygen atoms in total. The quantitative estimate of drug-likeness (QED) is 0.327. The SMILES string of the molecule is CC(C)OC1=CC2=C(CC1NC(=O)c1cnn3cccnc13)CN(C1CCC(N3CCN(c4ccc5c(c4)CN(C4CCC(=O)NC4=O)C5=O)CC3)CC1)C2=O. The second-order valence-corrected chi connectivity index (χ2v) is 16.1. The number of amides is 5. The van der Waals surface area contributed by atoms with Gasteiger partial charge in [0.2, 0.25) is 11.8 Å². The number of piperazine rings is 1. The monoisotopic (exact) mass is 761 g/mol. The first kappa shape index (κ1) is 36.1. The van der Waals surface area contributed by atoms with Crippen molar-refractivity contribution in [3.8, 4) is 0 Å². The van der Waals surface area contributed by atoms with E-state index in [0.717, 1.165) is 68.7 Å². The Kier molecular flexibility index (Phi) is 9.34. The Labute approximate surface area is 324 Å². The lowest BCUT2D eigenvalue weighted by Crippen LogP contribution is -2.52. The molecule has 4 aliphatic heterocycles. The van der Waals surface area contributed by atoms with Crippen LogP contribution in [0.4, 0.5) is 5.69 Å². The molecule has 9 rings (SSSR count). The molecule has 2 aliphatic carbocycles. The Morgan fingerprint density at radius 1 is 0.946 bits per heavy atom. The third kappa shape index (κ3) is 6.61. The second kappa shape index (κ2) is 14.5. The standard InChI is InChI=1S/C41H47N9O6/c1-24(2)56-35-20-31-26(19-33(35)44-38(52)32-21-43-50-13-3-12-42-37(32)50)22-48(41(31)55)28-6-4-27(5-7-28)46-14-16-47(17-15-46)29-8-9-30-25(18-29)23-49(40(30)54)34-10-11-36(51)45-39(34)53/h3,8-9,12-13,18,20-21,24,27-28,33-34H,4-7,10-11,14-17,19,22-23H2,1-2H3,(H,44,52)(H,45,51,53). The fraction of sp³-hybridized carbons (Fsp3) is 0.488. The van der Waals surface area contributed by atoms with Crippen molar-refractivity contribution in [1.29, 1.82) is 0 Å². The normalized spacial score (nSPS) is 25.8. The van der Waals surface area contributed by atoms with Gasteiger partial charge >= 0.3 is 0 Å². The van der Waals surface area contributed by atoms with Crippen LogP contribution in [0.1, 0.15) is 85.1 Å². The Bertz CT molecular complexity index is 2180. The number of rotatable bonds is 8. The summed E-state index contributed by atoms with van der Waals surface area (Å²) in [7, 11) is 0. The zero-order valence-corrected chi connectivity index (χ0v) is 31.8. The molecule has 0 spiro atoms. The molecule has 6 heterocycles. The minimum Gasteiger partial charge on any atom is -0.493 e. The van der Waals surface area contributed by atoms with Crippen LogP contribution in [0.15, 0.2) is 65.8 Å². The first-order chi connectivity index (χ1) is 27.1. The van der Waals surface area contributed by atoms with Crippen LogP contribution in [0.25, 0.3) is 5.65 Å². The number of carbonyl (C=O) groups is 5. The topological polar surface area (TPSA) is 162 Å². The van der Waals surface area contributed by atoms with Crippen LogP contribution in [-0.2, 0) is 25.7 Å². The fourth-order valence-corrected chi connectivity index (χ4v) is 9.46. The Hall–Kier alpha value is -5.57. The average molecular weight is 762 g/mol. The lowest BCUT2D eigenvalue weighted by molar-refractivity contribution is -0.137. The van der Waals surface area contributed by atoms with E-state index in [0.29, 0.717) is 60.1 Å². The first-order valence-electron chi connectivity index (χ1n) is 19.9. The first-order valence-corrected chi connectivity index (χ1v) is 19.9. The molecule has 3 aromatic rings. The molecule has 2 N–H and O–H groups in total. The van der Waals surface area contributed by atoms with Gasteiger partial charge in [0.05, 0.1) is 18.3 Å². The van der Waals surface area contributed by atoms with Gasteiger partial charge in [0.1, 0.15) is 17.4 Å². The summed E-state index contributed by atoms with van der Waals surface area (Å²) >= 11 is 0. The van der Waals surface area contributed by atoms with Gasteiger partial charge in [0.15, 0.2) is 5.65 Å². The molecule has 2 aromatic heterocycles. The lowest BCUT2D eigenvalue weighted by atomic mass is 9.88. The van der Waals surface area contributed by atoms with E-state index in [1.165, 1.54) is 6.20 Å². The number of carbonyl (C=O) groups excluding carboxylic acids is 5. The molecule has 15 heteroatoms. The number of benzene rings is 1. The largest absolute Gasteiger partial charge is 0.493 e. The number of imide groups is 1. The van der Waals surface area contributed by atoms with Crippen LogP contribution in [0.2, 0.25) is 0 Å². The molecule has 2 saturated heterocycles. The van der Waals surface area contributed by atoms with Crippen molar-refractivity contribution >= 4 is 40.9 Å². The molecule has 0 bridgehead atoms. The van der Waals surface area contributed by atoms with Gasteiger partial charge in [0, 0.05) is 87.0 Å². The number of fused-ring (bicyclic) bond motifs is 2. The molecule has 1 aromatic carbocycles. The Morgan fingerprint density at radius 2 is 1.73 bits per heavy atom. The highest BCUT2D eigenvalue weighted by molar-refractivity contribution is 6.05. The molecule has 2 unspecified atom stereocenters. The minimum absolute atomic E-state index is 0.0507. The number of hydrogen-bond donors (Lipinski definition) is 2. The van der Waals surface area contributed by atoms with E-state index in [1.807, 2.05) is 37.0 Å². The highest BCUT2D eigenvalue weighted by atomic mass is 16.5. The summed E-state index contributed by atoms with van der Waals surface area (Å²) in [5, 5.41) is 9.77. The van der Waals surface area contributed by atoms with Gasteiger partial charge in [-0.2, -0.15) is 5.10 Å². The van der Waals surface area contributed by atoms with Crippen molar-refractivity contribution in [1.82, 2.24) is 39.9 Å². The Morgan fingerprint density at radius 3 is 2.50 bits per heavy atom. The molecule has 2 atom stereocenters. The van der Waals surface area contributed by atoms with Gasteiger partial charge in [-0.05, 0) is 93.9 Å². The molecule has 3 fully saturated rings. The fourth-order valence-electron chi connectivity index (χ4n) is 9.46. The molecule has 6 aliphatic rings. The van der Waals surface area contributed by atoms with Crippen LogP contribution in [-0.4, -0.2) is 122 Å². The van der Waals surface area contributed by atoms with Gasteiger partial charge in [-0.25, -0.2) is 9.50 Å². The molecule has 56 heavy (non-hydrogen) atoms. The molecule has 1 saturated carbocycles. The summed E-state index contributed by atoms with van der Waals surface area (Å²) in [6.45, 7) is 8.45. The summed E-state index contributed by atoms with van der Waals surface area (Å²) < 4.78 is 7.75. The van der Waals surface area contributed by atoms with E-state index in [4.69, 9.17) is 4.74 Å². The van der Waals surface area contributed by atoms with Gasteiger partial charge in [0.25, 0.3) is 17.7 Å². The summed E-state index contributed by atoms with van der Waals surface area (Å²) in [5.74, 6) is -0.473. The van der Waals surface area contributed by atoms with Crippen LogP contribution >= 0.6 is 0 Å². The van der Waals surface area contributed by atoms with Gasteiger partial charge < -0.3 is 24.8 Å². The maximum Gasteiger partial charge on any atom is 0.257 e. The number of hydrogen-bond acceptors (Lipinski definition) is 10. The van der Waals surface area contributed by atoms with Crippen molar-refractivity contribution in [2.24, 2.45) is 0 Å². The predicted molar refractivity (Wildman–Crippen MR) is 204 cm³/mol. The number of anilines is 1. The van der Waals surface area contributed by atoms with E-state index in [9.17, 15) is 24.0 Å². The van der Waals surface area contributed by atoms with Gasteiger partial charge in [-0.1, -0.05) is 0 Å². The number of ether oxygens (including phenoxy) is 1. The summed E-state index contributed by atoms with van der Waals surface area (Å²) in [4.78, 5) is 77.6. The van der Waals surface area contributed by atoms with Crippen LogP contribution < -0.4 is 15.5 Å². The molecule has 292 valence electrons. The second-order valence-electron chi connectivity index (χ2n) is 16.1. The van der Waals surface area contributed by atoms with Crippen molar-refractivity contribution in [3.05, 3.63) is 82.5 Å². The maximum absolute atomic E-state index is 13.9. The van der Waals surface area contributed by atoms with Crippen LogP contribution in [0, 0.1) is 0 Å². The third-order valence-electron chi connectivity index (χ3n) is 12.3. The molecular weight excluding hydrogens is 715 g/mol. The van der Waals surface area contributed by atoms with E-state index >= 15 is 0 Å². The van der Waals surface area contributed by atoms with E-state index in [1.54, 1.807) is 27.9 Å². The van der Waals surface area contributed by atoms with Crippen molar-refractivity contribution in [2.75, 3.05) is 37.6 Å². The van der Waals surface area contributed by atoms with Gasteiger partial charge in [-0.15, -0.1) is 0 Å². The van der Waals surface area contributed by atoms with Gasteiger partial charge in [-0.3, -0.25) is 34.2 Å². The smallest absolute Gasteiger partial charge is 0.257 e. The average Bonchev–Trinajstić information content (AvgIpc) is 3.87. The summed E-state index contributed by atoms with van der Waals surface area (Å²) in [6, 6.07) is 7.34. The van der Waals surface area contributed by atoms with Crippen LogP contribution in [0.3, 0.4) is 0 Å². The third-order valence-corrected chi connectivity index (χ3v) is 12.3. The lowest BCUT2D eigenvalue weighted by Gasteiger charge is -2.44. The highest BCUT2D eigenvalue weighted by Gasteiger charge is 2.42. The molecule has 0 radical (unpaired) electrons. The van der Waals surface area contributed by atoms with Crippen molar-refractivity contribution in [2.45, 2.75) is 95.6 Å².